The van der Waals surface area contributed by atoms with Crippen LogP contribution < -0.4 is 5.32 Å². The number of benzene rings is 1. The Morgan fingerprint density at radius 2 is 2.20 bits per heavy atom. The number of hydrogen-bond donors (Lipinski definition) is 2. The first-order valence-corrected chi connectivity index (χ1v) is 9.97. The third kappa shape index (κ3) is 4.70. The highest BCUT2D eigenvalue weighted by atomic mass is 32.2. The van der Waals surface area contributed by atoms with Crippen molar-refractivity contribution in [1.82, 2.24) is 15.2 Å². The molecule has 25 heavy (non-hydrogen) atoms. The van der Waals surface area contributed by atoms with E-state index >= 15 is 0 Å². The van der Waals surface area contributed by atoms with Gasteiger partial charge < -0.3 is 5.32 Å². The number of thioether (sulfide) groups is 1. The highest BCUT2D eigenvalue weighted by Crippen LogP contribution is 2.22. The largest absolute Gasteiger partial charge is 0.325 e. The van der Waals surface area contributed by atoms with Crippen molar-refractivity contribution < 1.29 is 4.79 Å². The molecular formula is C18H20N4OS2. The Balaban J connectivity index is 1.55. The summed E-state index contributed by atoms with van der Waals surface area (Å²) in [6, 6.07) is 10.2. The lowest BCUT2D eigenvalue weighted by atomic mass is 10.1. The monoisotopic (exact) mass is 372 g/mol. The van der Waals surface area contributed by atoms with Crippen molar-refractivity contribution in [3.8, 4) is 0 Å². The molecule has 0 saturated heterocycles. The molecule has 0 atom stereocenters. The highest BCUT2D eigenvalue weighted by Gasteiger charge is 2.11. The van der Waals surface area contributed by atoms with Crippen LogP contribution in [-0.2, 0) is 17.6 Å². The van der Waals surface area contributed by atoms with Crippen LogP contribution in [-0.4, -0.2) is 26.8 Å². The van der Waals surface area contributed by atoms with Crippen molar-refractivity contribution in [2.24, 2.45) is 0 Å². The van der Waals surface area contributed by atoms with Crippen LogP contribution >= 0.6 is 23.1 Å². The molecule has 2 N–H and O–H groups in total. The van der Waals surface area contributed by atoms with Crippen molar-refractivity contribution >= 4 is 34.7 Å². The molecule has 7 heteroatoms. The molecule has 0 aliphatic heterocycles. The van der Waals surface area contributed by atoms with E-state index in [0.29, 0.717) is 5.16 Å². The number of thiophene rings is 1. The molecule has 1 amide bonds. The van der Waals surface area contributed by atoms with Gasteiger partial charge in [0.2, 0.25) is 11.1 Å². The molecule has 2 aromatic heterocycles. The van der Waals surface area contributed by atoms with E-state index in [0.717, 1.165) is 35.5 Å². The number of H-pyrrole nitrogens is 1. The smallest absolute Gasteiger partial charge is 0.234 e. The van der Waals surface area contributed by atoms with Gasteiger partial charge in [0.25, 0.3) is 0 Å². The van der Waals surface area contributed by atoms with Crippen LogP contribution in [0.5, 0.6) is 0 Å². The molecular weight excluding hydrogens is 352 g/mol. The summed E-state index contributed by atoms with van der Waals surface area (Å²) in [5, 5.41) is 12.8. The first-order valence-electron chi connectivity index (χ1n) is 8.10. The van der Waals surface area contributed by atoms with Gasteiger partial charge >= 0.3 is 0 Å². The van der Waals surface area contributed by atoms with Crippen molar-refractivity contribution in [1.29, 1.82) is 0 Å². The third-order valence-corrected chi connectivity index (χ3v) is 5.49. The minimum Gasteiger partial charge on any atom is -0.325 e. The molecule has 1 aromatic carbocycles. The second-order valence-electron chi connectivity index (χ2n) is 5.62. The molecule has 0 fully saturated rings. The molecule has 0 bridgehead atoms. The minimum absolute atomic E-state index is 0.0430. The zero-order valence-corrected chi connectivity index (χ0v) is 15.8. The van der Waals surface area contributed by atoms with Gasteiger partial charge in [0.15, 0.2) is 0 Å². The number of aryl methyl sites for hydroxylation is 2. The molecule has 0 aliphatic carbocycles. The number of rotatable bonds is 7. The number of hydrogen-bond acceptors (Lipinski definition) is 5. The standard InChI is InChI=1S/C18H20N4OS2/c1-3-13-7-4-6-12(2)17(13)20-16(23)11-25-18-19-15(21-22-18)10-14-8-5-9-24-14/h4-9H,3,10-11H2,1-2H3,(H,20,23)(H,19,21,22). The van der Waals surface area contributed by atoms with Gasteiger partial charge in [0.05, 0.1) is 5.75 Å². The van der Waals surface area contributed by atoms with E-state index in [9.17, 15) is 4.79 Å². The second kappa shape index (κ2) is 8.31. The van der Waals surface area contributed by atoms with Crippen LogP contribution in [0.3, 0.4) is 0 Å². The Labute approximate surface area is 155 Å². The molecule has 5 nitrogen and oxygen atoms in total. The molecule has 130 valence electrons. The zero-order chi connectivity index (χ0) is 17.6. The van der Waals surface area contributed by atoms with Gasteiger partial charge in [-0.3, -0.25) is 9.89 Å². The van der Waals surface area contributed by atoms with Crippen LogP contribution in [0.25, 0.3) is 0 Å². The number of aromatic amines is 1. The third-order valence-electron chi connectivity index (χ3n) is 3.77. The van der Waals surface area contributed by atoms with Gasteiger partial charge in [-0.1, -0.05) is 43.0 Å². The Hall–Kier alpha value is -2.12. The van der Waals surface area contributed by atoms with E-state index in [1.165, 1.54) is 16.6 Å². The zero-order valence-electron chi connectivity index (χ0n) is 14.2. The topological polar surface area (TPSA) is 70.7 Å². The minimum atomic E-state index is -0.0430. The maximum atomic E-state index is 12.3. The van der Waals surface area contributed by atoms with Crippen LogP contribution in [0.1, 0.15) is 28.8 Å². The summed E-state index contributed by atoms with van der Waals surface area (Å²) in [6.07, 6.45) is 1.62. The number of nitrogens with zero attached hydrogens (tertiary/aromatic N) is 2. The van der Waals surface area contributed by atoms with Gasteiger partial charge in [0.1, 0.15) is 5.82 Å². The Bertz CT molecular complexity index is 843. The van der Waals surface area contributed by atoms with Crippen molar-refractivity contribution in [2.45, 2.75) is 31.8 Å². The fraction of sp³-hybridized carbons (Fsp3) is 0.278. The quantitative estimate of drug-likeness (QED) is 0.614. The van der Waals surface area contributed by atoms with Crippen LogP contribution in [0.4, 0.5) is 5.69 Å². The van der Waals surface area contributed by atoms with Crippen LogP contribution in [0.15, 0.2) is 40.9 Å². The van der Waals surface area contributed by atoms with E-state index in [-0.39, 0.29) is 11.7 Å². The predicted molar refractivity (Wildman–Crippen MR) is 103 cm³/mol. The summed E-state index contributed by atoms with van der Waals surface area (Å²) in [5.74, 6) is 1.06. The number of anilines is 1. The fourth-order valence-corrected chi connectivity index (χ4v) is 3.83. The molecule has 2 heterocycles. The normalized spacial score (nSPS) is 10.8. The van der Waals surface area contributed by atoms with Crippen molar-refractivity contribution in [3.63, 3.8) is 0 Å². The van der Waals surface area contributed by atoms with E-state index < -0.39 is 0 Å². The predicted octanol–water partition coefficient (Wildman–Crippen LogP) is 4.06. The number of amides is 1. The number of carbonyl (C=O) groups is 1. The summed E-state index contributed by atoms with van der Waals surface area (Å²) in [7, 11) is 0. The van der Waals surface area contributed by atoms with Gasteiger partial charge in [-0.2, -0.15) is 0 Å². The second-order valence-corrected chi connectivity index (χ2v) is 7.60. The van der Waals surface area contributed by atoms with Gasteiger partial charge in [0, 0.05) is 17.0 Å². The summed E-state index contributed by atoms with van der Waals surface area (Å²) in [5.41, 5.74) is 3.15. The maximum Gasteiger partial charge on any atom is 0.234 e. The number of aromatic nitrogens is 3. The van der Waals surface area contributed by atoms with Crippen molar-refractivity contribution in [3.05, 3.63) is 57.5 Å². The molecule has 0 radical (unpaired) electrons. The van der Waals surface area contributed by atoms with Gasteiger partial charge in [-0.05, 0) is 35.9 Å². The molecule has 0 spiro atoms. The highest BCUT2D eigenvalue weighted by molar-refractivity contribution is 7.99. The lowest BCUT2D eigenvalue weighted by Crippen LogP contribution is -2.16. The number of nitrogens with one attached hydrogen (secondary N) is 2. The molecule has 3 rings (SSSR count). The molecule has 0 unspecified atom stereocenters. The lowest BCUT2D eigenvalue weighted by Gasteiger charge is -2.12. The van der Waals surface area contributed by atoms with Crippen LogP contribution in [0, 0.1) is 6.92 Å². The number of carbonyl (C=O) groups excluding carboxylic acids is 1. The SMILES string of the molecule is CCc1cccc(C)c1NC(=O)CSc1n[nH]c(Cc2cccs2)n1. The maximum absolute atomic E-state index is 12.3. The van der Waals surface area contributed by atoms with E-state index in [1.807, 2.05) is 36.6 Å². The molecule has 0 aliphatic rings. The average Bonchev–Trinajstić information content (AvgIpc) is 3.27. The van der Waals surface area contributed by atoms with E-state index in [2.05, 4.69) is 33.5 Å². The van der Waals surface area contributed by atoms with E-state index in [1.54, 1.807) is 11.3 Å². The van der Waals surface area contributed by atoms with Crippen molar-refractivity contribution in [2.75, 3.05) is 11.1 Å². The number of para-hydroxylation sites is 1. The summed E-state index contributed by atoms with van der Waals surface area (Å²) < 4.78 is 0. The Kier molecular flexibility index (Phi) is 5.88. The first kappa shape index (κ1) is 17.7. The van der Waals surface area contributed by atoms with Gasteiger partial charge in [-0.15, -0.1) is 16.4 Å². The first-order chi connectivity index (χ1) is 12.2. The Morgan fingerprint density at radius 3 is 2.96 bits per heavy atom. The fourth-order valence-electron chi connectivity index (χ4n) is 2.51. The summed E-state index contributed by atoms with van der Waals surface area (Å²) in [4.78, 5) is 17.9. The van der Waals surface area contributed by atoms with Crippen LogP contribution in [0.2, 0.25) is 0 Å². The summed E-state index contributed by atoms with van der Waals surface area (Å²) >= 11 is 3.03. The Morgan fingerprint density at radius 1 is 1.32 bits per heavy atom. The molecule has 0 saturated carbocycles. The molecule has 3 aromatic rings. The summed E-state index contributed by atoms with van der Waals surface area (Å²) in [6.45, 7) is 4.09. The lowest BCUT2D eigenvalue weighted by molar-refractivity contribution is -0.113. The van der Waals surface area contributed by atoms with E-state index in [4.69, 9.17) is 0 Å². The average molecular weight is 373 g/mol. The van der Waals surface area contributed by atoms with Gasteiger partial charge in [-0.25, -0.2) is 4.98 Å².